The number of carboxylic acids is 1. The van der Waals surface area contributed by atoms with Crippen LogP contribution in [0.5, 0.6) is 23.0 Å². The number of ether oxygens (including phenoxy) is 4. The van der Waals surface area contributed by atoms with Gasteiger partial charge in [-0.3, -0.25) is 0 Å². The fraction of sp³-hybridized carbons (Fsp3) is 0.225. The van der Waals surface area contributed by atoms with Gasteiger partial charge >= 0.3 is 20.4 Å². The van der Waals surface area contributed by atoms with Gasteiger partial charge in [0, 0.05) is 27.2 Å². The molecule has 0 N–H and O–H groups in total. The first-order chi connectivity index (χ1) is 24.9. The molecule has 0 fully saturated rings. The summed E-state index contributed by atoms with van der Waals surface area (Å²) >= 11 is 0. The zero-order valence-corrected chi connectivity index (χ0v) is 34.6. The molecular formula is C40H44O9P2PdS. The van der Waals surface area contributed by atoms with Crippen molar-refractivity contribution in [1.82, 2.24) is 0 Å². The first-order valence-corrected chi connectivity index (χ1v) is 20.7. The Kier molecular flexibility index (Phi) is 19.8. The minimum Gasteiger partial charge on any atom is -0.744 e. The summed E-state index contributed by atoms with van der Waals surface area (Å²) in [7, 11) is 1.32. The molecule has 9 nitrogen and oxygen atoms in total. The average Bonchev–Trinajstić information content (AvgIpc) is 3.15. The Hall–Kier alpha value is -3.80. The van der Waals surface area contributed by atoms with E-state index in [2.05, 4.69) is 72.8 Å². The first kappa shape index (κ1) is 45.4. The number of carbonyl (C=O) groups is 1. The molecule has 0 bridgehead atoms. The predicted octanol–water partition coefficient (Wildman–Crippen LogP) is 5.33. The van der Waals surface area contributed by atoms with Crippen molar-refractivity contribution in [2.45, 2.75) is 25.2 Å². The molecule has 0 radical (unpaired) electrons. The maximum atomic E-state index is 10.4. The monoisotopic (exact) mass is 868 g/mol. The number of aliphatic carboxylic acids is 1. The standard InChI is InChI=1S/C31H34O4P2.C7H8O3S.C2H4O2.Pd/c1-32-24-14-5-9-18-28(24)36(29-19-10-6-15-25(29)33-2)22-13-23-37(30-20-11-7-16-26(30)34-3)31-21-12-8-17-27(31)35-4;1-6-2-4-7(5-3-6)11(8,9)10;1-2(3)4;/h5-12,14-21H,13,22-23H2,1-4H3;2-5H,1H3,(H,8,9,10);1H3,(H,3,4);/q;;;+2/p-2. The van der Waals surface area contributed by atoms with Crippen LogP contribution in [0.25, 0.3) is 0 Å². The molecule has 13 heteroatoms. The zero-order valence-electron chi connectivity index (χ0n) is 30.5. The molecule has 0 aromatic heterocycles. The van der Waals surface area contributed by atoms with Crippen LogP contribution in [0.2, 0.25) is 0 Å². The van der Waals surface area contributed by atoms with E-state index in [-0.39, 0.29) is 25.3 Å². The van der Waals surface area contributed by atoms with Crippen molar-refractivity contribution in [3.8, 4) is 23.0 Å². The number of aryl methyl sites for hydroxylation is 1. The van der Waals surface area contributed by atoms with Gasteiger partial charge in [0.25, 0.3) is 0 Å². The van der Waals surface area contributed by atoms with E-state index in [1.54, 1.807) is 40.6 Å². The van der Waals surface area contributed by atoms with E-state index in [0.29, 0.717) is 0 Å². The zero-order chi connectivity index (χ0) is 38.1. The number of rotatable bonds is 13. The quantitative estimate of drug-likeness (QED) is 0.0875. The molecule has 0 aliphatic carbocycles. The molecule has 0 aliphatic rings. The van der Waals surface area contributed by atoms with Crippen LogP contribution < -0.4 is 45.3 Å². The second-order valence-electron chi connectivity index (χ2n) is 11.1. The Morgan fingerprint density at radius 2 is 0.830 bits per heavy atom. The van der Waals surface area contributed by atoms with E-state index in [4.69, 9.17) is 28.8 Å². The molecule has 5 aromatic carbocycles. The van der Waals surface area contributed by atoms with Crippen LogP contribution in [0.4, 0.5) is 0 Å². The molecule has 53 heavy (non-hydrogen) atoms. The summed E-state index contributed by atoms with van der Waals surface area (Å²) in [5.74, 6) is 2.62. The van der Waals surface area contributed by atoms with Crippen LogP contribution in [-0.2, 0) is 35.3 Å². The van der Waals surface area contributed by atoms with Crippen LogP contribution in [0.15, 0.2) is 126 Å². The summed E-state index contributed by atoms with van der Waals surface area (Å²) in [4.78, 5) is 8.71. The number of benzene rings is 5. The van der Waals surface area contributed by atoms with E-state index in [1.165, 1.54) is 33.4 Å². The van der Waals surface area contributed by atoms with Gasteiger partial charge < -0.3 is 33.4 Å². The third-order valence-corrected chi connectivity index (χ3v) is 13.8. The Labute approximate surface area is 329 Å². The molecule has 5 aromatic rings. The summed E-state index contributed by atoms with van der Waals surface area (Å²) in [6.07, 6.45) is 3.06. The van der Waals surface area contributed by atoms with Crippen molar-refractivity contribution in [2.24, 2.45) is 0 Å². The largest absolute Gasteiger partial charge is 2.00 e. The molecule has 0 amide bonds. The molecular weight excluding hydrogens is 825 g/mol. The van der Waals surface area contributed by atoms with E-state index < -0.39 is 31.9 Å². The summed E-state index contributed by atoms with van der Waals surface area (Å²) in [5.41, 5.74) is 0.928. The van der Waals surface area contributed by atoms with Crippen LogP contribution in [0.3, 0.4) is 0 Å². The Bertz CT molecular complexity index is 1780. The van der Waals surface area contributed by atoms with Crippen molar-refractivity contribution in [2.75, 3.05) is 40.8 Å². The molecule has 0 saturated carbocycles. The van der Waals surface area contributed by atoms with E-state index in [1.807, 2.05) is 31.2 Å². The molecule has 0 aliphatic heterocycles. The number of carboxylic acid groups (broad SMARTS) is 1. The van der Waals surface area contributed by atoms with Gasteiger partial charge in [-0.15, -0.1) is 0 Å². The van der Waals surface area contributed by atoms with Crippen molar-refractivity contribution < 1.29 is 62.2 Å². The van der Waals surface area contributed by atoms with Crippen LogP contribution in [-0.4, -0.2) is 59.7 Å². The van der Waals surface area contributed by atoms with Gasteiger partial charge in [0.15, 0.2) is 0 Å². The molecule has 284 valence electrons. The molecule has 0 spiro atoms. The van der Waals surface area contributed by atoms with Gasteiger partial charge in [0.1, 0.15) is 33.1 Å². The topological polar surface area (TPSA) is 134 Å². The Balaban J connectivity index is 0.000000508. The molecule has 0 atom stereocenters. The average molecular weight is 869 g/mol. The smallest absolute Gasteiger partial charge is 0.744 e. The number of para-hydroxylation sites is 4. The number of hydrogen-bond acceptors (Lipinski definition) is 9. The molecule has 0 heterocycles. The van der Waals surface area contributed by atoms with Gasteiger partial charge in [-0.1, -0.05) is 90.5 Å². The predicted molar refractivity (Wildman–Crippen MR) is 209 cm³/mol. The maximum Gasteiger partial charge on any atom is 2.00 e. The normalized spacial score (nSPS) is 10.5. The number of methoxy groups -OCH3 is 4. The second-order valence-corrected chi connectivity index (χ2v) is 17.0. The summed E-state index contributed by atoms with van der Waals surface area (Å²) < 4.78 is 54.3. The van der Waals surface area contributed by atoms with Crippen LogP contribution >= 0.6 is 15.8 Å². The third kappa shape index (κ3) is 13.8. The Morgan fingerprint density at radius 3 is 1.08 bits per heavy atom. The second kappa shape index (κ2) is 23.1. The summed E-state index contributed by atoms with van der Waals surface area (Å²) in [5, 5.41) is 13.8. The van der Waals surface area contributed by atoms with Crippen molar-refractivity contribution in [3.05, 3.63) is 127 Å². The van der Waals surface area contributed by atoms with Gasteiger partial charge in [0.05, 0.1) is 33.3 Å². The molecule has 0 saturated heterocycles. The van der Waals surface area contributed by atoms with Crippen LogP contribution in [0.1, 0.15) is 18.9 Å². The fourth-order valence-electron chi connectivity index (χ4n) is 5.24. The van der Waals surface area contributed by atoms with Crippen molar-refractivity contribution in [3.63, 3.8) is 0 Å². The van der Waals surface area contributed by atoms with Crippen LogP contribution in [0, 0.1) is 6.92 Å². The van der Waals surface area contributed by atoms with E-state index in [0.717, 1.165) is 54.2 Å². The summed E-state index contributed by atoms with van der Waals surface area (Å²) in [6, 6.07) is 39.3. The third-order valence-electron chi connectivity index (χ3n) is 7.58. The number of carbonyl (C=O) groups excluding carboxylic acids is 1. The SMILES string of the molecule is CC(=O)[O-].COc1ccccc1P(CCCP(c1ccccc1OC)c1ccccc1OC)c1ccccc1OC.Cc1ccc(S(=O)(=O)[O-])cc1.[Pd+2]. The van der Waals surface area contributed by atoms with Crippen molar-refractivity contribution in [1.29, 1.82) is 0 Å². The molecule has 5 rings (SSSR count). The first-order valence-electron chi connectivity index (χ1n) is 16.2. The minimum absolute atomic E-state index is 0. The summed E-state index contributed by atoms with van der Waals surface area (Å²) in [6.45, 7) is 2.79. The van der Waals surface area contributed by atoms with Gasteiger partial charge in [0.2, 0.25) is 0 Å². The van der Waals surface area contributed by atoms with E-state index >= 15 is 0 Å². The van der Waals surface area contributed by atoms with Gasteiger partial charge in [-0.25, -0.2) is 8.42 Å². The minimum atomic E-state index is -4.27. The van der Waals surface area contributed by atoms with E-state index in [9.17, 15) is 13.0 Å². The van der Waals surface area contributed by atoms with Gasteiger partial charge in [-0.2, -0.15) is 0 Å². The Morgan fingerprint density at radius 1 is 0.566 bits per heavy atom. The fourth-order valence-corrected chi connectivity index (χ4v) is 11.2. The van der Waals surface area contributed by atoms with Gasteiger partial charge in [-0.05, 0) is 84.8 Å². The number of hydrogen-bond donors (Lipinski definition) is 0. The maximum absolute atomic E-state index is 10.4. The molecule has 0 unspecified atom stereocenters. The van der Waals surface area contributed by atoms with Crippen molar-refractivity contribution >= 4 is 53.1 Å².